The molecule has 0 saturated heterocycles. The second-order valence-corrected chi connectivity index (χ2v) is 6.12. The van der Waals surface area contributed by atoms with Crippen molar-refractivity contribution in [3.63, 3.8) is 0 Å². The molecule has 0 spiro atoms. The molecule has 3 rings (SSSR count). The van der Waals surface area contributed by atoms with Crippen LogP contribution in [0.2, 0.25) is 5.02 Å². The predicted molar refractivity (Wildman–Crippen MR) is 98.1 cm³/mol. The van der Waals surface area contributed by atoms with Crippen LogP contribution in [0.25, 0.3) is 11.4 Å². The Hall–Kier alpha value is -2.73. The topological polar surface area (TPSA) is 66.6 Å². The minimum Gasteiger partial charge on any atom is -0.493 e. The van der Waals surface area contributed by atoms with Crippen LogP contribution in [0.5, 0.6) is 17.2 Å². The highest BCUT2D eigenvalue weighted by Crippen LogP contribution is 2.31. The number of ether oxygens (including phenoxy) is 3. The summed E-state index contributed by atoms with van der Waals surface area (Å²) in [6.45, 7) is 4.04. The average Bonchev–Trinajstić information content (AvgIpc) is 3.12. The van der Waals surface area contributed by atoms with Gasteiger partial charge in [-0.1, -0.05) is 16.8 Å². The number of methoxy groups -OCH3 is 2. The zero-order valence-electron chi connectivity index (χ0n) is 15.0. The summed E-state index contributed by atoms with van der Waals surface area (Å²) in [7, 11) is 3.16. The molecular formula is C19H19ClN2O4. The predicted octanol–water partition coefficient (Wildman–Crippen LogP) is 4.60. The Bertz CT molecular complexity index is 901. The zero-order chi connectivity index (χ0) is 18.7. The first kappa shape index (κ1) is 18.1. The summed E-state index contributed by atoms with van der Waals surface area (Å²) in [5.41, 5.74) is 2.67. The fourth-order valence-electron chi connectivity index (χ4n) is 2.54. The van der Waals surface area contributed by atoms with Crippen LogP contribution in [0.4, 0.5) is 0 Å². The Morgan fingerprint density at radius 3 is 2.35 bits per heavy atom. The lowest BCUT2D eigenvalue weighted by Crippen LogP contribution is -1.97. The first-order valence-corrected chi connectivity index (χ1v) is 8.34. The quantitative estimate of drug-likeness (QED) is 0.628. The number of aromatic nitrogens is 2. The van der Waals surface area contributed by atoms with Crippen molar-refractivity contribution in [2.45, 2.75) is 20.5 Å². The molecular weight excluding hydrogens is 356 g/mol. The maximum atomic E-state index is 6.17. The van der Waals surface area contributed by atoms with Gasteiger partial charge in [0, 0.05) is 10.6 Å². The molecule has 0 aliphatic rings. The van der Waals surface area contributed by atoms with E-state index in [-0.39, 0.29) is 6.61 Å². The summed E-state index contributed by atoms with van der Waals surface area (Å²) in [5, 5.41) is 4.74. The Labute approximate surface area is 156 Å². The highest BCUT2D eigenvalue weighted by atomic mass is 35.5. The highest BCUT2D eigenvalue weighted by Gasteiger charge is 2.13. The van der Waals surface area contributed by atoms with Crippen molar-refractivity contribution in [2.24, 2.45) is 0 Å². The largest absolute Gasteiger partial charge is 0.493 e. The van der Waals surface area contributed by atoms with Gasteiger partial charge in [0.1, 0.15) is 5.75 Å². The number of halogens is 1. The molecule has 0 N–H and O–H groups in total. The van der Waals surface area contributed by atoms with Gasteiger partial charge in [-0.05, 0) is 55.3 Å². The van der Waals surface area contributed by atoms with E-state index in [0.29, 0.717) is 29.0 Å². The molecule has 0 unspecified atom stereocenters. The van der Waals surface area contributed by atoms with Crippen LogP contribution in [0.15, 0.2) is 34.9 Å². The third-order valence-electron chi connectivity index (χ3n) is 3.88. The number of benzene rings is 2. The summed E-state index contributed by atoms with van der Waals surface area (Å²) >= 11 is 6.17. The minimum atomic E-state index is 0.167. The molecule has 136 valence electrons. The number of rotatable bonds is 6. The van der Waals surface area contributed by atoms with Gasteiger partial charge in [0.15, 0.2) is 18.1 Å². The lowest BCUT2D eigenvalue weighted by Gasteiger charge is -2.08. The van der Waals surface area contributed by atoms with E-state index in [1.807, 2.05) is 32.0 Å². The lowest BCUT2D eigenvalue weighted by atomic mass is 10.1. The van der Waals surface area contributed by atoms with E-state index in [1.165, 1.54) is 0 Å². The number of hydrogen-bond acceptors (Lipinski definition) is 6. The number of hydrogen-bond donors (Lipinski definition) is 0. The third kappa shape index (κ3) is 3.75. The number of nitrogens with zero attached hydrogens (tertiary/aromatic N) is 2. The molecule has 3 aromatic rings. The van der Waals surface area contributed by atoms with E-state index in [2.05, 4.69) is 10.1 Å². The molecule has 0 fully saturated rings. The monoisotopic (exact) mass is 374 g/mol. The molecule has 0 atom stereocenters. The van der Waals surface area contributed by atoms with Crippen LogP contribution < -0.4 is 14.2 Å². The van der Waals surface area contributed by atoms with Gasteiger partial charge in [0.2, 0.25) is 5.82 Å². The van der Waals surface area contributed by atoms with E-state index in [1.54, 1.807) is 26.4 Å². The van der Waals surface area contributed by atoms with Gasteiger partial charge < -0.3 is 18.7 Å². The molecule has 7 heteroatoms. The van der Waals surface area contributed by atoms with Crippen LogP contribution in [-0.2, 0) is 6.61 Å². The van der Waals surface area contributed by atoms with Crippen molar-refractivity contribution in [3.8, 4) is 28.6 Å². The van der Waals surface area contributed by atoms with Crippen LogP contribution in [0, 0.1) is 13.8 Å². The van der Waals surface area contributed by atoms with E-state index >= 15 is 0 Å². The molecule has 1 heterocycles. The fourth-order valence-corrected chi connectivity index (χ4v) is 2.65. The molecule has 0 bridgehead atoms. The average molecular weight is 375 g/mol. The van der Waals surface area contributed by atoms with Gasteiger partial charge in [-0.3, -0.25) is 0 Å². The molecule has 26 heavy (non-hydrogen) atoms. The Morgan fingerprint density at radius 1 is 1.00 bits per heavy atom. The van der Waals surface area contributed by atoms with Gasteiger partial charge in [-0.25, -0.2) is 0 Å². The Morgan fingerprint density at radius 2 is 1.69 bits per heavy atom. The summed E-state index contributed by atoms with van der Waals surface area (Å²) < 4.78 is 21.5. The first-order valence-electron chi connectivity index (χ1n) is 7.96. The maximum Gasteiger partial charge on any atom is 0.264 e. The summed E-state index contributed by atoms with van der Waals surface area (Å²) in [6.07, 6.45) is 0. The van der Waals surface area contributed by atoms with Crippen molar-refractivity contribution in [1.29, 1.82) is 0 Å². The van der Waals surface area contributed by atoms with Gasteiger partial charge >= 0.3 is 0 Å². The van der Waals surface area contributed by atoms with Crippen LogP contribution >= 0.6 is 11.6 Å². The first-order chi connectivity index (χ1) is 12.5. The smallest absolute Gasteiger partial charge is 0.264 e. The lowest BCUT2D eigenvalue weighted by molar-refractivity contribution is 0.242. The molecule has 2 aromatic carbocycles. The molecule has 0 aliphatic heterocycles. The normalized spacial score (nSPS) is 10.7. The van der Waals surface area contributed by atoms with Crippen molar-refractivity contribution in [2.75, 3.05) is 14.2 Å². The van der Waals surface area contributed by atoms with E-state index < -0.39 is 0 Å². The standard InChI is InChI=1S/C19H19ClN2O4/c1-11-7-14(8-12(2)18(11)20)25-10-17-21-19(22-26-17)13-5-6-15(23-3)16(9-13)24-4/h5-9H,10H2,1-4H3. The number of aryl methyl sites for hydroxylation is 2. The van der Waals surface area contributed by atoms with Gasteiger partial charge in [-0.15, -0.1) is 0 Å². The molecule has 0 saturated carbocycles. The van der Waals surface area contributed by atoms with Crippen molar-refractivity contribution in [1.82, 2.24) is 10.1 Å². The summed E-state index contributed by atoms with van der Waals surface area (Å²) in [5.74, 6) is 2.76. The summed E-state index contributed by atoms with van der Waals surface area (Å²) in [4.78, 5) is 4.36. The van der Waals surface area contributed by atoms with Gasteiger partial charge in [0.25, 0.3) is 5.89 Å². The summed E-state index contributed by atoms with van der Waals surface area (Å²) in [6, 6.07) is 9.17. The second-order valence-electron chi connectivity index (χ2n) is 5.74. The van der Waals surface area contributed by atoms with E-state index in [4.69, 9.17) is 30.3 Å². The van der Waals surface area contributed by atoms with Crippen molar-refractivity contribution < 1.29 is 18.7 Å². The van der Waals surface area contributed by atoms with Crippen molar-refractivity contribution in [3.05, 3.63) is 52.4 Å². The maximum absolute atomic E-state index is 6.17. The molecule has 0 radical (unpaired) electrons. The Kier molecular flexibility index (Phi) is 5.32. The highest BCUT2D eigenvalue weighted by molar-refractivity contribution is 6.32. The fraction of sp³-hybridized carbons (Fsp3) is 0.263. The molecule has 0 amide bonds. The van der Waals surface area contributed by atoms with Gasteiger partial charge in [0.05, 0.1) is 14.2 Å². The van der Waals surface area contributed by atoms with Crippen molar-refractivity contribution >= 4 is 11.6 Å². The SMILES string of the molecule is COc1ccc(-c2noc(COc3cc(C)c(Cl)c(C)c3)n2)cc1OC. The minimum absolute atomic E-state index is 0.167. The molecule has 0 aliphatic carbocycles. The van der Waals surface area contributed by atoms with Gasteiger partial charge in [-0.2, -0.15) is 4.98 Å². The van der Waals surface area contributed by atoms with Crippen LogP contribution in [-0.4, -0.2) is 24.4 Å². The third-order valence-corrected chi connectivity index (χ3v) is 4.48. The zero-order valence-corrected chi connectivity index (χ0v) is 15.8. The molecule has 1 aromatic heterocycles. The van der Waals surface area contributed by atoms with Crippen LogP contribution in [0.3, 0.4) is 0 Å². The van der Waals surface area contributed by atoms with E-state index in [9.17, 15) is 0 Å². The second kappa shape index (κ2) is 7.66. The molecule has 6 nitrogen and oxygen atoms in total. The van der Waals surface area contributed by atoms with Crippen LogP contribution in [0.1, 0.15) is 17.0 Å². The Balaban J connectivity index is 1.74. The van der Waals surface area contributed by atoms with E-state index in [0.717, 1.165) is 21.7 Å².